The first kappa shape index (κ1) is 15.2. The fourth-order valence-electron chi connectivity index (χ4n) is 1.86. The Balaban J connectivity index is 2.12. The molecule has 102 valence electrons. The maximum Gasteiger partial charge on any atom is 0.0696 e. The molecular weight excluding hydrogens is 222 g/mol. The van der Waals surface area contributed by atoms with Crippen molar-refractivity contribution >= 4 is 0 Å². The van der Waals surface area contributed by atoms with Gasteiger partial charge in [0.25, 0.3) is 0 Å². The Labute approximate surface area is 112 Å². The lowest BCUT2D eigenvalue weighted by atomic mass is 10.1. The highest BCUT2D eigenvalue weighted by atomic mass is 16.5. The summed E-state index contributed by atoms with van der Waals surface area (Å²) in [5, 5.41) is 3.43. The van der Waals surface area contributed by atoms with E-state index in [1.807, 2.05) is 0 Å². The fraction of sp³-hybridized carbons (Fsp3) is 0.625. The average molecular weight is 249 g/mol. The summed E-state index contributed by atoms with van der Waals surface area (Å²) >= 11 is 0. The van der Waals surface area contributed by atoms with Crippen molar-refractivity contribution in [2.75, 3.05) is 13.2 Å². The third-order valence-corrected chi connectivity index (χ3v) is 3.02. The molecule has 1 aromatic carbocycles. The van der Waals surface area contributed by atoms with Gasteiger partial charge in [0.15, 0.2) is 0 Å². The quantitative estimate of drug-likeness (QED) is 0.677. The van der Waals surface area contributed by atoms with Gasteiger partial charge in [-0.3, -0.25) is 0 Å². The fourth-order valence-corrected chi connectivity index (χ4v) is 1.86. The second-order valence-electron chi connectivity index (χ2n) is 5.05. The summed E-state index contributed by atoms with van der Waals surface area (Å²) < 4.78 is 5.90. The Hall–Kier alpha value is -0.860. The van der Waals surface area contributed by atoms with Crippen molar-refractivity contribution in [1.29, 1.82) is 0 Å². The van der Waals surface area contributed by atoms with Gasteiger partial charge < -0.3 is 10.1 Å². The Morgan fingerprint density at radius 3 is 2.50 bits per heavy atom. The minimum atomic E-state index is 0.350. The monoisotopic (exact) mass is 249 g/mol. The molecular formula is C16H27NO. The molecule has 1 unspecified atom stereocenters. The summed E-state index contributed by atoms with van der Waals surface area (Å²) in [4.78, 5) is 0. The van der Waals surface area contributed by atoms with E-state index in [4.69, 9.17) is 4.74 Å². The lowest BCUT2D eigenvalue weighted by Crippen LogP contribution is -2.33. The van der Waals surface area contributed by atoms with Gasteiger partial charge in [0, 0.05) is 19.2 Å². The molecule has 0 aliphatic heterocycles. The van der Waals surface area contributed by atoms with Crippen LogP contribution >= 0.6 is 0 Å². The molecule has 1 aromatic rings. The predicted molar refractivity (Wildman–Crippen MR) is 77.9 cm³/mol. The van der Waals surface area contributed by atoms with Crippen LogP contribution in [-0.2, 0) is 11.2 Å². The van der Waals surface area contributed by atoms with Crippen LogP contribution in [0.5, 0.6) is 0 Å². The van der Waals surface area contributed by atoms with E-state index in [1.165, 1.54) is 5.56 Å². The van der Waals surface area contributed by atoms with Gasteiger partial charge in [0.05, 0.1) is 6.10 Å². The third kappa shape index (κ3) is 6.77. The van der Waals surface area contributed by atoms with Gasteiger partial charge in [0.1, 0.15) is 0 Å². The summed E-state index contributed by atoms with van der Waals surface area (Å²) in [6.45, 7) is 8.33. The van der Waals surface area contributed by atoms with E-state index in [0.29, 0.717) is 12.1 Å². The molecule has 0 amide bonds. The van der Waals surface area contributed by atoms with Crippen molar-refractivity contribution in [2.24, 2.45) is 0 Å². The minimum Gasteiger partial charge on any atom is -0.377 e. The predicted octanol–water partition coefficient (Wildman–Crippen LogP) is 3.41. The summed E-state index contributed by atoms with van der Waals surface area (Å²) in [6.07, 6.45) is 3.63. The second kappa shape index (κ2) is 9.12. The van der Waals surface area contributed by atoms with Gasteiger partial charge in [-0.15, -0.1) is 0 Å². The molecule has 2 heteroatoms. The topological polar surface area (TPSA) is 21.3 Å². The summed E-state index contributed by atoms with van der Waals surface area (Å²) in [6, 6.07) is 11.1. The molecule has 0 heterocycles. The van der Waals surface area contributed by atoms with E-state index in [9.17, 15) is 0 Å². The maximum atomic E-state index is 5.90. The molecule has 0 spiro atoms. The standard InChI is InChI=1S/C16H27NO/c1-4-16(13-17-14(2)3)18-12-8-11-15-9-6-5-7-10-15/h5-7,9-10,14,16-17H,4,8,11-13H2,1-3H3. The molecule has 1 atom stereocenters. The van der Waals surface area contributed by atoms with Gasteiger partial charge in [0.2, 0.25) is 0 Å². The van der Waals surface area contributed by atoms with Crippen LogP contribution in [0.4, 0.5) is 0 Å². The molecule has 0 saturated carbocycles. The number of benzene rings is 1. The van der Waals surface area contributed by atoms with Gasteiger partial charge in [-0.1, -0.05) is 51.1 Å². The Kier molecular flexibility index (Phi) is 7.70. The highest BCUT2D eigenvalue weighted by Crippen LogP contribution is 2.04. The minimum absolute atomic E-state index is 0.350. The Morgan fingerprint density at radius 2 is 1.89 bits per heavy atom. The zero-order valence-corrected chi connectivity index (χ0v) is 12.0. The van der Waals surface area contributed by atoms with Crippen molar-refractivity contribution in [3.63, 3.8) is 0 Å². The molecule has 0 fully saturated rings. The average Bonchev–Trinajstić information content (AvgIpc) is 2.39. The van der Waals surface area contributed by atoms with Crippen molar-refractivity contribution in [3.05, 3.63) is 35.9 Å². The van der Waals surface area contributed by atoms with Crippen molar-refractivity contribution in [1.82, 2.24) is 5.32 Å². The normalized spacial score (nSPS) is 12.9. The SMILES string of the molecule is CCC(CNC(C)C)OCCCc1ccccc1. The van der Waals surface area contributed by atoms with Crippen LogP contribution in [0.15, 0.2) is 30.3 Å². The molecule has 1 rings (SSSR count). The zero-order valence-electron chi connectivity index (χ0n) is 12.0. The van der Waals surface area contributed by atoms with E-state index < -0.39 is 0 Å². The number of ether oxygens (including phenoxy) is 1. The number of hydrogen-bond acceptors (Lipinski definition) is 2. The molecule has 0 aliphatic carbocycles. The van der Waals surface area contributed by atoms with E-state index >= 15 is 0 Å². The van der Waals surface area contributed by atoms with Gasteiger partial charge >= 0.3 is 0 Å². The molecule has 1 N–H and O–H groups in total. The third-order valence-electron chi connectivity index (χ3n) is 3.02. The second-order valence-corrected chi connectivity index (χ2v) is 5.05. The highest BCUT2D eigenvalue weighted by molar-refractivity contribution is 5.14. The van der Waals surface area contributed by atoms with Crippen molar-refractivity contribution < 1.29 is 4.74 Å². The molecule has 0 saturated heterocycles. The molecule has 2 nitrogen and oxygen atoms in total. The summed E-state index contributed by atoms with van der Waals surface area (Å²) in [5.74, 6) is 0. The van der Waals surface area contributed by atoms with Crippen LogP contribution in [0.25, 0.3) is 0 Å². The summed E-state index contributed by atoms with van der Waals surface area (Å²) in [5.41, 5.74) is 1.40. The zero-order chi connectivity index (χ0) is 13.2. The number of aryl methyl sites for hydroxylation is 1. The van der Waals surface area contributed by atoms with E-state index in [-0.39, 0.29) is 0 Å². The molecule has 18 heavy (non-hydrogen) atoms. The Bertz CT molecular complexity index is 297. The number of nitrogens with one attached hydrogen (secondary N) is 1. The molecule has 0 aliphatic rings. The van der Waals surface area contributed by atoms with Crippen molar-refractivity contribution in [2.45, 2.75) is 52.2 Å². The lowest BCUT2D eigenvalue weighted by molar-refractivity contribution is 0.0481. The first-order chi connectivity index (χ1) is 8.72. The first-order valence-electron chi connectivity index (χ1n) is 7.11. The van der Waals surface area contributed by atoms with E-state index in [1.54, 1.807) is 0 Å². The lowest BCUT2D eigenvalue weighted by Gasteiger charge is -2.18. The van der Waals surface area contributed by atoms with E-state index in [2.05, 4.69) is 56.4 Å². The highest BCUT2D eigenvalue weighted by Gasteiger charge is 2.06. The van der Waals surface area contributed by atoms with Crippen molar-refractivity contribution in [3.8, 4) is 0 Å². The van der Waals surface area contributed by atoms with Crippen LogP contribution in [0.3, 0.4) is 0 Å². The van der Waals surface area contributed by atoms with Crippen LogP contribution < -0.4 is 5.32 Å². The van der Waals surface area contributed by atoms with Gasteiger partial charge in [-0.05, 0) is 24.8 Å². The Morgan fingerprint density at radius 1 is 1.17 bits per heavy atom. The van der Waals surface area contributed by atoms with E-state index in [0.717, 1.165) is 32.4 Å². The molecule has 0 aromatic heterocycles. The van der Waals surface area contributed by atoms with Gasteiger partial charge in [-0.25, -0.2) is 0 Å². The number of rotatable bonds is 9. The molecule has 0 bridgehead atoms. The van der Waals surface area contributed by atoms with Crippen LogP contribution in [0.2, 0.25) is 0 Å². The molecule has 0 radical (unpaired) electrons. The number of hydrogen-bond donors (Lipinski definition) is 1. The summed E-state index contributed by atoms with van der Waals surface area (Å²) in [7, 11) is 0. The smallest absolute Gasteiger partial charge is 0.0696 e. The van der Waals surface area contributed by atoms with Gasteiger partial charge in [-0.2, -0.15) is 0 Å². The largest absolute Gasteiger partial charge is 0.377 e. The van der Waals surface area contributed by atoms with Crippen LogP contribution in [0.1, 0.15) is 39.2 Å². The first-order valence-corrected chi connectivity index (χ1v) is 7.11. The van der Waals surface area contributed by atoms with Crippen LogP contribution in [-0.4, -0.2) is 25.3 Å². The maximum absolute atomic E-state index is 5.90. The van der Waals surface area contributed by atoms with Crippen LogP contribution in [0, 0.1) is 0 Å².